The van der Waals surface area contributed by atoms with Gasteiger partial charge >= 0.3 is 0 Å². The van der Waals surface area contributed by atoms with E-state index in [4.69, 9.17) is 13.9 Å². The Hall–Kier alpha value is -4.83. The van der Waals surface area contributed by atoms with E-state index in [1.165, 1.54) is 22.3 Å². The molecule has 4 nitrogen and oxygen atoms in total. The van der Waals surface area contributed by atoms with Crippen molar-refractivity contribution in [3.8, 4) is 56.7 Å². The van der Waals surface area contributed by atoms with Gasteiger partial charge in [0.2, 0.25) is 5.89 Å². The molecule has 5 aromatic carbocycles. The van der Waals surface area contributed by atoms with E-state index >= 15 is 0 Å². The van der Waals surface area contributed by atoms with Crippen LogP contribution in [0.25, 0.3) is 44.8 Å². The van der Waals surface area contributed by atoms with Crippen molar-refractivity contribution < 1.29 is 13.9 Å². The number of hydrogen-bond donors (Lipinski definition) is 0. The summed E-state index contributed by atoms with van der Waals surface area (Å²) in [5, 5.41) is 0. The van der Waals surface area contributed by atoms with Crippen LogP contribution in [-0.4, -0.2) is 4.98 Å². The van der Waals surface area contributed by atoms with Gasteiger partial charge in [-0.3, -0.25) is 0 Å². The van der Waals surface area contributed by atoms with Gasteiger partial charge in [0.15, 0.2) is 28.6 Å². The average molecular weight is 494 g/mol. The lowest BCUT2D eigenvalue weighted by Crippen LogP contribution is -2.15. The summed E-state index contributed by atoms with van der Waals surface area (Å²) in [5.41, 5.74) is 9.69. The number of fused-ring (bicyclic) bond motifs is 6. The molecule has 0 saturated carbocycles. The predicted molar refractivity (Wildman–Crippen MR) is 149 cm³/mol. The second-order valence-electron chi connectivity index (χ2n) is 10.4. The van der Waals surface area contributed by atoms with Gasteiger partial charge in [0.1, 0.15) is 5.52 Å². The number of benzene rings is 5. The number of ether oxygens (including phenoxy) is 2. The van der Waals surface area contributed by atoms with E-state index in [1.807, 2.05) is 48.5 Å². The standard InChI is InChI=1S/C34H23NO3/c1-34(2)25-8-4-3-7-23(25)24-18-31-32(19-26(24)34)36-29-16-15-22(17-30(29)37-31)20-11-13-21(14-12-20)33-35-27-9-5-6-10-28(27)38-33/h3-19H,1-2H3. The first-order chi connectivity index (χ1) is 18.5. The van der Waals surface area contributed by atoms with Crippen molar-refractivity contribution in [2.75, 3.05) is 0 Å². The molecule has 0 atom stereocenters. The van der Waals surface area contributed by atoms with Gasteiger partial charge in [0.05, 0.1) is 0 Å². The summed E-state index contributed by atoms with van der Waals surface area (Å²) >= 11 is 0. The van der Waals surface area contributed by atoms with Crippen LogP contribution in [0.3, 0.4) is 0 Å². The van der Waals surface area contributed by atoms with E-state index in [2.05, 4.69) is 73.4 Å². The Balaban J connectivity index is 1.12. The van der Waals surface area contributed by atoms with Crippen LogP contribution in [0.5, 0.6) is 23.0 Å². The molecule has 0 amide bonds. The molecule has 38 heavy (non-hydrogen) atoms. The summed E-state index contributed by atoms with van der Waals surface area (Å²) in [4.78, 5) is 4.61. The first-order valence-corrected chi connectivity index (χ1v) is 12.8. The third kappa shape index (κ3) is 3.07. The molecular formula is C34H23NO3. The van der Waals surface area contributed by atoms with Crippen molar-refractivity contribution in [2.24, 2.45) is 0 Å². The lowest BCUT2D eigenvalue weighted by atomic mass is 9.82. The van der Waals surface area contributed by atoms with Crippen LogP contribution >= 0.6 is 0 Å². The highest BCUT2D eigenvalue weighted by atomic mass is 16.6. The number of para-hydroxylation sites is 2. The van der Waals surface area contributed by atoms with Crippen molar-refractivity contribution in [2.45, 2.75) is 19.3 Å². The topological polar surface area (TPSA) is 44.5 Å². The SMILES string of the molecule is CC1(C)c2ccccc2-c2cc3c(cc21)Oc1ccc(-c2ccc(-c4nc5ccccc5o4)cc2)cc1O3. The Labute approximate surface area is 220 Å². The number of rotatable bonds is 2. The highest BCUT2D eigenvalue weighted by molar-refractivity contribution is 5.83. The largest absolute Gasteiger partial charge is 0.450 e. The van der Waals surface area contributed by atoms with Gasteiger partial charge in [-0.2, -0.15) is 0 Å². The minimum Gasteiger partial charge on any atom is -0.450 e. The Kier molecular flexibility index (Phi) is 4.25. The average Bonchev–Trinajstić information content (AvgIpc) is 3.48. The highest BCUT2D eigenvalue weighted by Crippen LogP contribution is 2.55. The monoisotopic (exact) mass is 493 g/mol. The molecular weight excluding hydrogens is 470 g/mol. The third-order valence-electron chi connectivity index (χ3n) is 7.79. The van der Waals surface area contributed by atoms with Crippen LogP contribution in [0.1, 0.15) is 25.0 Å². The van der Waals surface area contributed by atoms with Crippen LogP contribution in [0.2, 0.25) is 0 Å². The van der Waals surface area contributed by atoms with E-state index < -0.39 is 0 Å². The highest BCUT2D eigenvalue weighted by Gasteiger charge is 2.37. The van der Waals surface area contributed by atoms with E-state index in [1.54, 1.807) is 0 Å². The molecule has 2 heterocycles. The second-order valence-corrected chi connectivity index (χ2v) is 10.4. The summed E-state index contributed by atoms with van der Waals surface area (Å²) in [7, 11) is 0. The van der Waals surface area contributed by atoms with E-state index in [0.717, 1.165) is 45.0 Å². The van der Waals surface area contributed by atoms with E-state index in [9.17, 15) is 0 Å². The van der Waals surface area contributed by atoms with Crippen LogP contribution in [-0.2, 0) is 5.41 Å². The number of oxazole rings is 1. The Morgan fingerprint density at radius 2 is 1.24 bits per heavy atom. The van der Waals surface area contributed by atoms with Gasteiger partial charge in [0, 0.05) is 11.0 Å². The third-order valence-corrected chi connectivity index (χ3v) is 7.79. The van der Waals surface area contributed by atoms with Crippen LogP contribution in [0.15, 0.2) is 108 Å². The van der Waals surface area contributed by atoms with Crippen molar-refractivity contribution in [3.05, 3.63) is 114 Å². The molecule has 1 aliphatic carbocycles. The molecule has 2 aliphatic rings. The van der Waals surface area contributed by atoms with Crippen molar-refractivity contribution in [1.29, 1.82) is 0 Å². The summed E-state index contributed by atoms with van der Waals surface area (Å²) in [6.07, 6.45) is 0. The summed E-state index contributed by atoms with van der Waals surface area (Å²) in [5.74, 6) is 3.55. The van der Waals surface area contributed by atoms with Gasteiger partial charge in [-0.15, -0.1) is 0 Å². The van der Waals surface area contributed by atoms with Gasteiger partial charge in [0.25, 0.3) is 0 Å². The first kappa shape index (κ1) is 21.3. The van der Waals surface area contributed by atoms with Gasteiger partial charge in [-0.25, -0.2) is 4.98 Å². The number of nitrogens with zero attached hydrogens (tertiary/aromatic N) is 1. The number of hydrogen-bond acceptors (Lipinski definition) is 4. The van der Waals surface area contributed by atoms with Crippen molar-refractivity contribution in [3.63, 3.8) is 0 Å². The van der Waals surface area contributed by atoms with Crippen molar-refractivity contribution in [1.82, 2.24) is 4.98 Å². The Morgan fingerprint density at radius 3 is 2.11 bits per heavy atom. The quantitative estimate of drug-likeness (QED) is 0.241. The van der Waals surface area contributed by atoms with E-state index in [0.29, 0.717) is 11.6 Å². The lowest BCUT2D eigenvalue weighted by molar-refractivity contribution is 0.359. The second kappa shape index (κ2) is 7.59. The molecule has 0 bridgehead atoms. The molecule has 6 aromatic rings. The molecule has 0 unspecified atom stereocenters. The molecule has 0 saturated heterocycles. The molecule has 1 aromatic heterocycles. The van der Waals surface area contributed by atoms with Gasteiger partial charge in [-0.05, 0) is 81.9 Å². The molecule has 4 heteroatoms. The molecule has 0 N–H and O–H groups in total. The normalized spacial score (nSPS) is 14.2. The molecule has 8 rings (SSSR count). The maximum atomic E-state index is 6.42. The molecule has 0 spiro atoms. The molecule has 182 valence electrons. The zero-order valence-electron chi connectivity index (χ0n) is 21.0. The molecule has 0 radical (unpaired) electrons. The number of aromatic nitrogens is 1. The summed E-state index contributed by atoms with van der Waals surface area (Å²) < 4.78 is 18.7. The summed E-state index contributed by atoms with van der Waals surface area (Å²) in [6, 6.07) is 35.0. The maximum absolute atomic E-state index is 6.42. The molecule has 1 aliphatic heterocycles. The van der Waals surface area contributed by atoms with Crippen LogP contribution < -0.4 is 9.47 Å². The summed E-state index contributed by atoms with van der Waals surface area (Å²) in [6.45, 7) is 4.53. The minimum absolute atomic E-state index is 0.0848. The van der Waals surface area contributed by atoms with Crippen LogP contribution in [0.4, 0.5) is 0 Å². The predicted octanol–water partition coefficient (Wildman–Crippen LogP) is 9.37. The fraction of sp³-hybridized carbons (Fsp3) is 0.0882. The first-order valence-electron chi connectivity index (χ1n) is 12.8. The van der Waals surface area contributed by atoms with Crippen LogP contribution in [0, 0.1) is 0 Å². The van der Waals surface area contributed by atoms with Gasteiger partial charge in [-0.1, -0.05) is 68.4 Å². The fourth-order valence-electron chi connectivity index (χ4n) is 5.76. The zero-order chi connectivity index (χ0) is 25.4. The Morgan fingerprint density at radius 1 is 0.553 bits per heavy atom. The maximum Gasteiger partial charge on any atom is 0.227 e. The van der Waals surface area contributed by atoms with E-state index in [-0.39, 0.29) is 5.41 Å². The van der Waals surface area contributed by atoms with Crippen molar-refractivity contribution >= 4 is 11.1 Å². The smallest absolute Gasteiger partial charge is 0.227 e. The Bertz CT molecular complexity index is 1860. The lowest BCUT2D eigenvalue weighted by Gasteiger charge is -2.25. The fourth-order valence-corrected chi connectivity index (χ4v) is 5.76. The van der Waals surface area contributed by atoms with Gasteiger partial charge < -0.3 is 13.9 Å². The zero-order valence-corrected chi connectivity index (χ0v) is 21.0. The molecule has 0 fully saturated rings. The minimum atomic E-state index is -0.0848.